The molecule has 0 unspecified atom stereocenters. The Hall–Kier alpha value is -2.50. The molecule has 1 aromatic carbocycles. The van der Waals surface area contributed by atoms with Crippen LogP contribution in [0, 0.1) is 5.82 Å². The second kappa shape index (κ2) is 6.98. The molecule has 2 aromatic rings. The molecule has 0 bridgehead atoms. The van der Waals surface area contributed by atoms with E-state index in [0.717, 1.165) is 5.56 Å². The Morgan fingerprint density at radius 1 is 1.09 bits per heavy atom. The van der Waals surface area contributed by atoms with E-state index in [2.05, 4.69) is 10.3 Å². The quantitative estimate of drug-likeness (QED) is 0.886. The Morgan fingerprint density at radius 3 is 2.23 bits per heavy atom. The summed E-state index contributed by atoms with van der Waals surface area (Å²) < 4.78 is 29.6. The number of aromatic nitrogens is 1. The zero-order chi connectivity index (χ0) is 16.1. The molecule has 22 heavy (non-hydrogen) atoms. The number of anilines is 1. The number of rotatable bonds is 6. The molecule has 0 radical (unpaired) electrons. The molecule has 0 spiro atoms. The highest BCUT2D eigenvalue weighted by Crippen LogP contribution is 2.40. The Bertz CT molecular complexity index is 624. The summed E-state index contributed by atoms with van der Waals surface area (Å²) >= 11 is 0. The first kappa shape index (κ1) is 15.9. The summed E-state index contributed by atoms with van der Waals surface area (Å²) in [7, 11) is 4.65. The minimum absolute atomic E-state index is 0.196. The van der Waals surface area contributed by atoms with E-state index in [4.69, 9.17) is 14.2 Å². The van der Waals surface area contributed by atoms with E-state index in [1.165, 1.54) is 12.3 Å². The number of nitrogens with zero attached hydrogens (tertiary/aromatic N) is 1. The molecule has 1 heterocycles. The first-order chi connectivity index (χ1) is 10.6. The molecule has 1 atom stereocenters. The van der Waals surface area contributed by atoms with Crippen LogP contribution in [-0.4, -0.2) is 26.3 Å². The molecule has 5 nitrogen and oxygen atoms in total. The van der Waals surface area contributed by atoms with Crippen molar-refractivity contribution in [2.75, 3.05) is 26.6 Å². The summed E-state index contributed by atoms with van der Waals surface area (Å²) in [5.74, 6) is 1.41. The van der Waals surface area contributed by atoms with Crippen molar-refractivity contribution in [1.29, 1.82) is 0 Å². The van der Waals surface area contributed by atoms with Crippen LogP contribution < -0.4 is 19.5 Å². The zero-order valence-electron chi connectivity index (χ0n) is 13.0. The third-order valence-electron chi connectivity index (χ3n) is 3.30. The van der Waals surface area contributed by atoms with Crippen LogP contribution in [0.15, 0.2) is 30.5 Å². The van der Waals surface area contributed by atoms with E-state index in [9.17, 15) is 4.39 Å². The molecule has 0 aliphatic heterocycles. The molecular weight excluding hydrogens is 287 g/mol. The maximum Gasteiger partial charge on any atom is 0.203 e. The highest BCUT2D eigenvalue weighted by molar-refractivity contribution is 5.55. The van der Waals surface area contributed by atoms with Gasteiger partial charge in [-0.1, -0.05) is 0 Å². The van der Waals surface area contributed by atoms with Crippen LogP contribution in [0.25, 0.3) is 0 Å². The van der Waals surface area contributed by atoms with Crippen LogP contribution in [-0.2, 0) is 0 Å². The lowest BCUT2D eigenvalue weighted by molar-refractivity contribution is 0.323. The van der Waals surface area contributed by atoms with E-state index < -0.39 is 5.82 Å². The monoisotopic (exact) mass is 306 g/mol. The van der Waals surface area contributed by atoms with Crippen molar-refractivity contribution < 1.29 is 18.6 Å². The molecule has 0 saturated carbocycles. The number of hydrogen-bond acceptors (Lipinski definition) is 5. The third kappa shape index (κ3) is 3.21. The van der Waals surface area contributed by atoms with Gasteiger partial charge < -0.3 is 19.5 Å². The van der Waals surface area contributed by atoms with Gasteiger partial charge in [0.15, 0.2) is 23.1 Å². The molecule has 0 fully saturated rings. The molecule has 118 valence electrons. The highest BCUT2D eigenvalue weighted by atomic mass is 19.1. The van der Waals surface area contributed by atoms with Gasteiger partial charge in [0.05, 0.1) is 27.4 Å². The predicted molar refractivity (Wildman–Crippen MR) is 82.3 cm³/mol. The average Bonchev–Trinajstić information content (AvgIpc) is 2.55. The Kier molecular flexibility index (Phi) is 5.04. The summed E-state index contributed by atoms with van der Waals surface area (Å²) in [5, 5.41) is 3.03. The topological polar surface area (TPSA) is 52.6 Å². The van der Waals surface area contributed by atoms with Gasteiger partial charge in [-0.05, 0) is 36.8 Å². The Morgan fingerprint density at radius 2 is 1.73 bits per heavy atom. The number of methoxy groups -OCH3 is 3. The fourth-order valence-corrected chi connectivity index (χ4v) is 2.13. The van der Waals surface area contributed by atoms with Gasteiger partial charge in [0.2, 0.25) is 5.75 Å². The predicted octanol–water partition coefficient (Wildman–Crippen LogP) is 3.42. The molecule has 0 amide bonds. The lowest BCUT2D eigenvalue weighted by Crippen LogP contribution is -2.10. The van der Waals surface area contributed by atoms with Gasteiger partial charge in [0.1, 0.15) is 0 Å². The Balaban J connectivity index is 2.33. The molecular formula is C16H19FN2O3. The minimum Gasteiger partial charge on any atom is -0.493 e. The lowest BCUT2D eigenvalue weighted by atomic mass is 10.1. The van der Waals surface area contributed by atoms with Crippen molar-refractivity contribution in [3.63, 3.8) is 0 Å². The summed E-state index contributed by atoms with van der Waals surface area (Å²) in [5.41, 5.74) is 0.861. The van der Waals surface area contributed by atoms with Crippen LogP contribution in [0.2, 0.25) is 0 Å². The van der Waals surface area contributed by atoms with Crippen molar-refractivity contribution >= 4 is 5.82 Å². The van der Waals surface area contributed by atoms with E-state index in [1.54, 1.807) is 27.4 Å². The summed E-state index contributed by atoms with van der Waals surface area (Å²) in [4.78, 5) is 3.99. The third-order valence-corrected chi connectivity index (χ3v) is 3.30. The SMILES string of the molecule is COc1cc([C@@H](C)Nc2ncccc2F)cc(OC)c1OC. The standard InChI is InChI=1S/C16H19FN2O3/c1-10(19-16-12(17)6-5-7-18-16)11-8-13(20-2)15(22-4)14(9-11)21-3/h5-10H,1-4H3,(H,18,19)/t10-/m1/s1. The van der Waals surface area contributed by atoms with Gasteiger partial charge in [0.25, 0.3) is 0 Å². The number of pyridine rings is 1. The van der Waals surface area contributed by atoms with Crippen LogP contribution >= 0.6 is 0 Å². The number of nitrogens with one attached hydrogen (secondary N) is 1. The average molecular weight is 306 g/mol. The first-order valence-corrected chi connectivity index (χ1v) is 6.77. The van der Waals surface area contributed by atoms with Gasteiger partial charge in [-0.2, -0.15) is 0 Å². The second-order valence-corrected chi connectivity index (χ2v) is 4.66. The van der Waals surface area contributed by atoms with Gasteiger partial charge in [-0.25, -0.2) is 9.37 Å². The van der Waals surface area contributed by atoms with Crippen LogP contribution in [0.5, 0.6) is 17.2 Å². The molecule has 2 rings (SSSR count). The Labute approximate surface area is 129 Å². The smallest absolute Gasteiger partial charge is 0.203 e. The first-order valence-electron chi connectivity index (χ1n) is 6.77. The number of hydrogen-bond donors (Lipinski definition) is 1. The summed E-state index contributed by atoms with van der Waals surface area (Å²) in [6.07, 6.45) is 1.54. The van der Waals surface area contributed by atoms with E-state index in [-0.39, 0.29) is 11.9 Å². The van der Waals surface area contributed by atoms with Crippen molar-refractivity contribution in [3.05, 3.63) is 41.8 Å². The molecule has 0 saturated heterocycles. The number of benzene rings is 1. The summed E-state index contributed by atoms with van der Waals surface area (Å²) in [6, 6.07) is 6.35. The van der Waals surface area contributed by atoms with Crippen molar-refractivity contribution in [2.24, 2.45) is 0 Å². The maximum absolute atomic E-state index is 13.7. The molecule has 1 aromatic heterocycles. The second-order valence-electron chi connectivity index (χ2n) is 4.66. The van der Waals surface area contributed by atoms with E-state index >= 15 is 0 Å². The summed E-state index contributed by atoms with van der Waals surface area (Å²) in [6.45, 7) is 1.90. The van der Waals surface area contributed by atoms with Gasteiger partial charge in [-0.3, -0.25) is 0 Å². The molecule has 0 aliphatic rings. The minimum atomic E-state index is -0.401. The number of ether oxygens (including phenoxy) is 3. The van der Waals surface area contributed by atoms with E-state index in [0.29, 0.717) is 17.2 Å². The van der Waals surface area contributed by atoms with Gasteiger partial charge >= 0.3 is 0 Å². The fourth-order valence-electron chi connectivity index (χ4n) is 2.13. The maximum atomic E-state index is 13.7. The zero-order valence-corrected chi connectivity index (χ0v) is 13.0. The van der Waals surface area contributed by atoms with E-state index in [1.807, 2.05) is 19.1 Å². The normalized spacial score (nSPS) is 11.7. The van der Waals surface area contributed by atoms with Gasteiger partial charge in [-0.15, -0.1) is 0 Å². The molecule has 1 N–H and O–H groups in total. The lowest BCUT2D eigenvalue weighted by Gasteiger charge is -2.19. The molecule has 0 aliphatic carbocycles. The van der Waals surface area contributed by atoms with Crippen LogP contribution in [0.4, 0.5) is 10.2 Å². The van der Waals surface area contributed by atoms with Crippen LogP contribution in [0.3, 0.4) is 0 Å². The number of halogens is 1. The fraction of sp³-hybridized carbons (Fsp3) is 0.312. The van der Waals surface area contributed by atoms with Crippen molar-refractivity contribution in [1.82, 2.24) is 4.98 Å². The molecule has 6 heteroatoms. The largest absolute Gasteiger partial charge is 0.493 e. The van der Waals surface area contributed by atoms with Crippen LogP contribution in [0.1, 0.15) is 18.5 Å². The van der Waals surface area contributed by atoms with Crippen molar-refractivity contribution in [2.45, 2.75) is 13.0 Å². The van der Waals surface area contributed by atoms with Gasteiger partial charge in [0, 0.05) is 6.20 Å². The van der Waals surface area contributed by atoms with Crippen molar-refractivity contribution in [3.8, 4) is 17.2 Å². The highest BCUT2D eigenvalue weighted by Gasteiger charge is 2.17.